The third-order valence-corrected chi connectivity index (χ3v) is 1.50. The van der Waals surface area contributed by atoms with Crippen molar-refractivity contribution in [1.82, 2.24) is 5.01 Å². The van der Waals surface area contributed by atoms with Crippen molar-refractivity contribution < 1.29 is 0 Å². The van der Waals surface area contributed by atoms with Gasteiger partial charge in [0.25, 0.3) is 0 Å². The summed E-state index contributed by atoms with van der Waals surface area (Å²) < 4.78 is 0. The molecule has 0 aromatic rings. The largest absolute Gasteiger partial charge is 0.248 e. The van der Waals surface area contributed by atoms with Gasteiger partial charge in [0.05, 0.1) is 13.1 Å². The highest BCUT2D eigenvalue weighted by Crippen LogP contribution is 2.07. The highest BCUT2D eigenvalue weighted by Gasteiger charge is 2.08. The van der Waals surface area contributed by atoms with Gasteiger partial charge in [0.2, 0.25) is 0 Å². The fourth-order valence-electron chi connectivity index (χ4n) is 1.02. The van der Waals surface area contributed by atoms with Crippen molar-refractivity contribution in [2.45, 2.75) is 19.3 Å². The first-order chi connectivity index (χ1) is 4.43. The van der Waals surface area contributed by atoms with Gasteiger partial charge in [0.1, 0.15) is 0 Å². The number of rotatable bonds is 1. The second kappa shape index (κ2) is 3.20. The summed E-state index contributed by atoms with van der Waals surface area (Å²) in [5.41, 5.74) is 8.04. The molecule has 4 nitrogen and oxygen atoms in total. The van der Waals surface area contributed by atoms with Crippen molar-refractivity contribution in [3.05, 3.63) is 10.4 Å². The minimum absolute atomic E-state index is 0.935. The topological polar surface area (TPSA) is 52.0 Å². The molecule has 0 spiro atoms. The lowest BCUT2D eigenvalue weighted by Crippen LogP contribution is -2.23. The first-order valence-corrected chi connectivity index (χ1v) is 3.23. The quantitative estimate of drug-likeness (QED) is 0.299. The Morgan fingerprint density at radius 1 is 1.22 bits per heavy atom. The summed E-state index contributed by atoms with van der Waals surface area (Å²) >= 11 is 0. The van der Waals surface area contributed by atoms with Crippen LogP contribution in [0, 0.1) is 0 Å². The molecule has 0 saturated carbocycles. The van der Waals surface area contributed by atoms with Crippen molar-refractivity contribution in [3.8, 4) is 0 Å². The van der Waals surface area contributed by atoms with Crippen LogP contribution in [-0.4, -0.2) is 18.1 Å². The second-order valence-electron chi connectivity index (χ2n) is 2.19. The SMILES string of the molecule is [N-]=[N+]=NN1CCCCC1. The summed E-state index contributed by atoms with van der Waals surface area (Å²) in [6.07, 6.45) is 3.61. The van der Waals surface area contributed by atoms with Crippen LogP contribution in [0.25, 0.3) is 10.4 Å². The molecule has 0 atom stereocenters. The minimum atomic E-state index is 0.935. The molecular weight excluding hydrogens is 116 g/mol. The van der Waals surface area contributed by atoms with Gasteiger partial charge in [0, 0.05) is 0 Å². The lowest BCUT2D eigenvalue weighted by Gasteiger charge is -2.17. The first kappa shape index (κ1) is 6.23. The van der Waals surface area contributed by atoms with E-state index in [-0.39, 0.29) is 0 Å². The Morgan fingerprint density at radius 2 is 1.89 bits per heavy atom. The van der Waals surface area contributed by atoms with Gasteiger partial charge in [-0.3, -0.25) is 0 Å². The average molecular weight is 126 g/mol. The fourth-order valence-corrected chi connectivity index (χ4v) is 1.02. The van der Waals surface area contributed by atoms with E-state index in [1.54, 1.807) is 5.01 Å². The van der Waals surface area contributed by atoms with Gasteiger partial charge >= 0.3 is 0 Å². The highest BCUT2D eigenvalue weighted by molar-refractivity contribution is 4.59. The normalized spacial score (nSPS) is 18.9. The fraction of sp³-hybridized carbons (Fsp3) is 1.00. The van der Waals surface area contributed by atoms with E-state index in [1.807, 2.05) is 0 Å². The van der Waals surface area contributed by atoms with Crippen molar-refractivity contribution in [2.24, 2.45) is 5.22 Å². The Hall–Kier alpha value is -0.890. The Bertz CT molecular complexity index is 121. The molecule has 0 bridgehead atoms. The smallest absolute Gasteiger partial charge is 0.0884 e. The second-order valence-corrected chi connectivity index (χ2v) is 2.19. The van der Waals surface area contributed by atoms with E-state index in [9.17, 15) is 0 Å². The zero-order valence-electron chi connectivity index (χ0n) is 5.32. The van der Waals surface area contributed by atoms with E-state index in [0.29, 0.717) is 0 Å². The van der Waals surface area contributed by atoms with Gasteiger partial charge < -0.3 is 0 Å². The third kappa shape index (κ3) is 1.82. The van der Waals surface area contributed by atoms with Gasteiger partial charge in [-0.2, -0.15) is 4.91 Å². The number of hydrogen-bond acceptors (Lipinski definition) is 1. The Balaban J connectivity index is 2.31. The number of hydrogen-bond donors (Lipinski definition) is 0. The zero-order chi connectivity index (χ0) is 6.53. The molecule has 1 rings (SSSR count). The summed E-state index contributed by atoms with van der Waals surface area (Å²) in [6, 6.07) is 0. The average Bonchev–Trinajstić information content (AvgIpc) is 1.91. The molecule has 1 aliphatic heterocycles. The highest BCUT2D eigenvalue weighted by atomic mass is 15.5. The van der Waals surface area contributed by atoms with Crippen molar-refractivity contribution in [2.75, 3.05) is 13.1 Å². The van der Waals surface area contributed by atoms with Crippen LogP contribution < -0.4 is 0 Å². The molecule has 0 amide bonds. The van der Waals surface area contributed by atoms with Crippen LogP contribution in [0.15, 0.2) is 5.22 Å². The number of piperidine rings is 1. The molecule has 1 fully saturated rings. The van der Waals surface area contributed by atoms with Crippen LogP contribution >= 0.6 is 0 Å². The van der Waals surface area contributed by atoms with Crippen molar-refractivity contribution in [3.63, 3.8) is 0 Å². The molecule has 1 aliphatic rings. The molecule has 0 N–H and O–H groups in total. The van der Waals surface area contributed by atoms with E-state index in [2.05, 4.69) is 10.1 Å². The maximum Gasteiger partial charge on any atom is 0.0884 e. The summed E-state index contributed by atoms with van der Waals surface area (Å²) in [6.45, 7) is 1.87. The lowest BCUT2D eigenvalue weighted by molar-refractivity contribution is 0.235. The van der Waals surface area contributed by atoms with Crippen LogP contribution in [0.4, 0.5) is 0 Å². The lowest BCUT2D eigenvalue weighted by atomic mass is 10.2. The Morgan fingerprint density at radius 3 is 2.44 bits per heavy atom. The molecule has 9 heavy (non-hydrogen) atoms. The van der Waals surface area contributed by atoms with E-state index in [1.165, 1.54) is 19.3 Å². The predicted molar refractivity (Wildman–Crippen MR) is 34.6 cm³/mol. The van der Waals surface area contributed by atoms with E-state index >= 15 is 0 Å². The molecule has 0 aliphatic carbocycles. The summed E-state index contributed by atoms with van der Waals surface area (Å²) in [5, 5.41) is 5.28. The number of azide groups is 1. The predicted octanol–water partition coefficient (Wildman–Crippen LogP) is 1.70. The molecule has 50 valence electrons. The Labute approximate surface area is 54.1 Å². The molecular formula is C5H10N4. The molecule has 1 heterocycles. The van der Waals surface area contributed by atoms with Crippen LogP contribution in [0.1, 0.15) is 19.3 Å². The first-order valence-electron chi connectivity index (χ1n) is 3.23. The van der Waals surface area contributed by atoms with Crippen LogP contribution in [-0.2, 0) is 0 Å². The monoisotopic (exact) mass is 126 g/mol. The Kier molecular flexibility index (Phi) is 2.22. The summed E-state index contributed by atoms with van der Waals surface area (Å²) in [4.78, 5) is 2.71. The van der Waals surface area contributed by atoms with Gasteiger partial charge in [-0.15, -0.1) is 5.53 Å². The van der Waals surface area contributed by atoms with Crippen molar-refractivity contribution >= 4 is 0 Å². The maximum absolute atomic E-state index is 8.04. The number of nitrogens with zero attached hydrogens (tertiary/aromatic N) is 4. The van der Waals surface area contributed by atoms with E-state index < -0.39 is 0 Å². The third-order valence-electron chi connectivity index (χ3n) is 1.50. The van der Waals surface area contributed by atoms with Crippen LogP contribution in [0.3, 0.4) is 0 Å². The molecule has 1 saturated heterocycles. The van der Waals surface area contributed by atoms with E-state index in [0.717, 1.165) is 13.1 Å². The molecule has 0 radical (unpaired) electrons. The maximum atomic E-state index is 8.04. The van der Waals surface area contributed by atoms with Gasteiger partial charge in [-0.1, -0.05) is 0 Å². The standard InChI is InChI=1S/C5H10N4/c6-7-8-9-4-2-1-3-5-9/h1-5H2. The van der Waals surface area contributed by atoms with Crippen LogP contribution in [0.5, 0.6) is 0 Å². The van der Waals surface area contributed by atoms with Crippen LogP contribution in [0.2, 0.25) is 0 Å². The molecule has 0 aromatic heterocycles. The van der Waals surface area contributed by atoms with E-state index in [4.69, 9.17) is 5.53 Å². The van der Waals surface area contributed by atoms with Gasteiger partial charge in [0.15, 0.2) is 0 Å². The van der Waals surface area contributed by atoms with Crippen molar-refractivity contribution in [1.29, 1.82) is 0 Å². The molecule has 4 heteroatoms. The van der Waals surface area contributed by atoms with Gasteiger partial charge in [-0.25, -0.2) is 5.01 Å². The van der Waals surface area contributed by atoms with Gasteiger partial charge in [-0.05, 0) is 24.5 Å². The molecule has 0 unspecified atom stereocenters. The zero-order valence-corrected chi connectivity index (χ0v) is 5.32. The minimum Gasteiger partial charge on any atom is -0.248 e. The molecule has 0 aromatic carbocycles. The summed E-state index contributed by atoms with van der Waals surface area (Å²) in [7, 11) is 0. The summed E-state index contributed by atoms with van der Waals surface area (Å²) in [5.74, 6) is 0.